The van der Waals surface area contributed by atoms with Gasteiger partial charge in [-0.1, -0.05) is 0 Å². The maximum atomic E-state index is 8.90. The summed E-state index contributed by atoms with van der Waals surface area (Å²) in [7, 11) is 2.16. The first-order chi connectivity index (χ1) is 7.64. The summed E-state index contributed by atoms with van der Waals surface area (Å²) in [5.74, 6) is 0.0774. The molecule has 4 heteroatoms. The van der Waals surface area contributed by atoms with Gasteiger partial charge in [-0.25, -0.2) is 0 Å². The highest BCUT2D eigenvalue weighted by Gasteiger charge is 2.44. The lowest BCUT2D eigenvalue weighted by molar-refractivity contribution is -0.200. The number of hydrogen-bond donors (Lipinski definition) is 1. The maximum absolute atomic E-state index is 8.90. The van der Waals surface area contributed by atoms with Crippen molar-refractivity contribution in [3.05, 3.63) is 0 Å². The standard InChI is InChI=1S/C12H23NO3/c1-12(10-3-6-13(2)7-4-10)15-9-11(16-12)5-8-14/h10-11,14H,3-9H2,1-2H3. The summed E-state index contributed by atoms with van der Waals surface area (Å²) in [4.78, 5) is 2.35. The third-order valence-electron chi connectivity index (χ3n) is 3.87. The zero-order valence-corrected chi connectivity index (χ0v) is 10.3. The third-order valence-corrected chi connectivity index (χ3v) is 3.87. The summed E-state index contributed by atoms with van der Waals surface area (Å²) in [5.41, 5.74) is 0. The van der Waals surface area contributed by atoms with Gasteiger partial charge < -0.3 is 19.5 Å². The van der Waals surface area contributed by atoms with Crippen molar-refractivity contribution in [2.45, 2.75) is 38.1 Å². The fraction of sp³-hybridized carbons (Fsp3) is 1.00. The number of likely N-dealkylation sites (tertiary alicyclic amines) is 1. The molecule has 2 heterocycles. The predicted octanol–water partition coefficient (Wildman–Crippen LogP) is 0.842. The van der Waals surface area contributed by atoms with E-state index in [0.717, 1.165) is 25.9 Å². The van der Waals surface area contributed by atoms with E-state index >= 15 is 0 Å². The Morgan fingerprint density at radius 1 is 1.38 bits per heavy atom. The molecule has 0 aliphatic carbocycles. The van der Waals surface area contributed by atoms with Gasteiger partial charge in [0.2, 0.25) is 0 Å². The van der Waals surface area contributed by atoms with Crippen LogP contribution < -0.4 is 0 Å². The van der Waals surface area contributed by atoms with Crippen LogP contribution in [0, 0.1) is 5.92 Å². The van der Waals surface area contributed by atoms with Crippen LogP contribution in [-0.4, -0.2) is 55.2 Å². The van der Waals surface area contributed by atoms with E-state index in [1.165, 1.54) is 0 Å². The summed E-state index contributed by atoms with van der Waals surface area (Å²) in [6.07, 6.45) is 3.04. The van der Waals surface area contributed by atoms with Gasteiger partial charge in [0.25, 0.3) is 0 Å². The van der Waals surface area contributed by atoms with Crippen molar-refractivity contribution >= 4 is 0 Å². The van der Waals surface area contributed by atoms with Crippen LogP contribution in [0.4, 0.5) is 0 Å². The molecule has 0 saturated carbocycles. The fourth-order valence-electron chi connectivity index (χ4n) is 2.69. The van der Waals surface area contributed by atoms with Gasteiger partial charge in [-0.15, -0.1) is 0 Å². The molecular formula is C12H23NO3. The first kappa shape index (κ1) is 12.3. The highest BCUT2D eigenvalue weighted by molar-refractivity contribution is 4.85. The first-order valence-electron chi connectivity index (χ1n) is 6.25. The second kappa shape index (κ2) is 5.00. The molecule has 0 aromatic heterocycles. The van der Waals surface area contributed by atoms with Crippen molar-refractivity contribution in [2.75, 3.05) is 33.4 Å². The summed E-state index contributed by atoms with van der Waals surface area (Å²) < 4.78 is 11.8. The smallest absolute Gasteiger partial charge is 0.168 e. The van der Waals surface area contributed by atoms with Crippen LogP contribution in [0.5, 0.6) is 0 Å². The Hall–Kier alpha value is -0.160. The number of nitrogens with zero attached hydrogens (tertiary/aromatic N) is 1. The van der Waals surface area contributed by atoms with E-state index in [2.05, 4.69) is 18.9 Å². The lowest BCUT2D eigenvalue weighted by Gasteiger charge is -2.38. The van der Waals surface area contributed by atoms with Crippen molar-refractivity contribution in [3.8, 4) is 0 Å². The Morgan fingerprint density at radius 3 is 2.69 bits per heavy atom. The monoisotopic (exact) mass is 229 g/mol. The molecule has 2 aliphatic heterocycles. The molecule has 2 rings (SSSR count). The van der Waals surface area contributed by atoms with Crippen LogP contribution >= 0.6 is 0 Å². The largest absolute Gasteiger partial charge is 0.396 e. The van der Waals surface area contributed by atoms with Gasteiger partial charge in [0.15, 0.2) is 5.79 Å². The van der Waals surface area contributed by atoms with E-state index in [-0.39, 0.29) is 12.7 Å². The molecule has 0 aromatic rings. The van der Waals surface area contributed by atoms with Crippen molar-refractivity contribution < 1.29 is 14.6 Å². The van der Waals surface area contributed by atoms with Gasteiger partial charge in [0.1, 0.15) is 0 Å². The molecule has 16 heavy (non-hydrogen) atoms. The van der Waals surface area contributed by atoms with E-state index in [1.807, 2.05) is 0 Å². The number of rotatable bonds is 3. The van der Waals surface area contributed by atoms with E-state index in [1.54, 1.807) is 0 Å². The van der Waals surface area contributed by atoms with Gasteiger partial charge >= 0.3 is 0 Å². The zero-order chi connectivity index (χ0) is 11.6. The lowest BCUT2D eigenvalue weighted by atomic mass is 9.89. The minimum Gasteiger partial charge on any atom is -0.396 e. The second-order valence-electron chi connectivity index (χ2n) is 5.16. The van der Waals surface area contributed by atoms with Gasteiger partial charge in [-0.2, -0.15) is 0 Å². The van der Waals surface area contributed by atoms with Gasteiger partial charge in [-0.05, 0) is 46.3 Å². The Bertz CT molecular complexity index is 228. The minimum atomic E-state index is -0.416. The highest BCUT2D eigenvalue weighted by atomic mass is 16.7. The van der Waals surface area contributed by atoms with E-state index in [4.69, 9.17) is 14.6 Å². The molecule has 2 fully saturated rings. The average molecular weight is 229 g/mol. The minimum absolute atomic E-state index is 0.0784. The summed E-state index contributed by atoms with van der Waals surface area (Å²) in [5, 5.41) is 8.90. The predicted molar refractivity (Wildman–Crippen MR) is 61.2 cm³/mol. The molecule has 0 aromatic carbocycles. The van der Waals surface area contributed by atoms with Gasteiger partial charge in [0.05, 0.1) is 12.7 Å². The summed E-state index contributed by atoms with van der Waals surface area (Å²) in [6, 6.07) is 0. The average Bonchev–Trinajstić information content (AvgIpc) is 2.63. The SMILES string of the molecule is CN1CCC(C2(C)OCC(CCO)O2)CC1. The molecule has 2 aliphatic rings. The van der Waals surface area contributed by atoms with Crippen molar-refractivity contribution in [1.82, 2.24) is 4.90 Å². The third kappa shape index (κ3) is 2.56. The van der Waals surface area contributed by atoms with Crippen molar-refractivity contribution in [2.24, 2.45) is 5.92 Å². The molecule has 2 saturated heterocycles. The second-order valence-corrected chi connectivity index (χ2v) is 5.16. The molecular weight excluding hydrogens is 206 g/mol. The molecule has 0 radical (unpaired) electrons. The number of aliphatic hydroxyl groups is 1. The number of ether oxygens (including phenoxy) is 2. The molecule has 2 unspecified atom stereocenters. The molecule has 94 valence electrons. The van der Waals surface area contributed by atoms with Crippen LogP contribution in [0.2, 0.25) is 0 Å². The van der Waals surface area contributed by atoms with Crippen LogP contribution in [0.3, 0.4) is 0 Å². The Kier molecular flexibility index (Phi) is 3.85. The first-order valence-corrected chi connectivity index (χ1v) is 6.25. The van der Waals surface area contributed by atoms with Crippen LogP contribution in [-0.2, 0) is 9.47 Å². The molecule has 1 N–H and O–H groups in total. The molecule has 0 spiro atoms. The Labute approximate surface area is 97.5 Å². The molecule has 2 atom stereocenters. The fourth-order valence-corrected chi connectivity index (χ4v) is 2.69. The van der Waals surface area contributed by atoms with Crippen molar-refractivity contribution in [1.29, 1.82) is 0 Å². The van der Waals surface area contributed by atoms with Crippen LogP contribution in [0.15, 0.2) is 0 Å². The zero-order valence-electron chi connectivity index (χ0n) is 10.3. The van der Waals surface area contributed by atoms with Gasteiger partial charge in [0, 0.05) is 12.5 Å². The highest BCUT2D eigenvalue weighted by Crippen LogP contribution is 2.37. The number of hydrogen-bond acceptors (Lipinski definition) is 4. The van der Waals surface area contributed by atoms with E-state index in [9.17, 15) is 0 Å². The Balaban J connectivity index is 1.88. The van der Waals surface area contributed by atoms with E-state index in [0.29, 0.717) is 18.9 Å². The molecule has 0 bridgehead atoms. The number of aliphatic hydroxyl groups excluding tert-OH is 1. The normalized spacial score (nSPS) is 38.1. The van der Waals surface area contributed by atoms with Crippen LogP contribution in [0.25, 0.3) is 0 Å². The van der Waals surface area contributed by atoms with E-state index < -0.39 is 5.79 Å². The van der Waals surface area contributed by atoms with Crippen molar-refractivity contribution in [3.63, 3.8) is 0 Å². The molecule has 0 amide bonds. The lowest BCUT2D eigenvalue weighted by Crippen LogP contribution is -2.43. The quantitative estimate of drug-likeness (QED) is 0.779. The van der Waals surface area contributed by atoms with Gasteiger partial charge in [-0.3, -0.25) is 0 Å². The summed E-state index contributed by atoms with van der Waals surface area (Å²) >= 11 is 0. The summed E-state index contributed by atoms with van der Waals surface area (Å²) in [6.45, 7) is 5.11. The molecule has 4 nitrogen and oxygen atoms in total. The van der Waals surface area contributed by atoms with Crippen LogP contribution in [0.1, 0.15) is 26.2 Å². The number of piperidine rings is 1. The maximum Gasteiger partial charge on any atom is 0.168 e. The Morgan fingerprint density at radius 2 is 2.06 bits per heavy atom. The topological polar surface area (TPSA) is 41.9 Å².